The van der Waals surface area contributed by atoms with Crippen LogP contribution < -0.4 is 4.74 Å². The van der Waals surface area contributed by atoms with Crippen molar-refractivity contribution in [3.05, 3.63) is 23.9 Å². The molecule has 1 aliphatic rings. The maximum Gasteiger partial charge on any atom is 0.212 e. The van der Waals surface area contributed by atoms with Crippen LogP contribution in [0.1, 0.15) is 18.4 Å². The Kier molecular flexibility index (Phi) is 4.42. The molecule has 0 aromatic carbocycles. The molecular formula is C13H20N2O3S. The zero-order chi connectivity index (χ0) is 13.9. The number of aromatic nitrogens is 1. The number of hydrogen-bond donors (Lipinski definition) is 0. The molecule has 6 heteroatoms. The molecule has 2 heterocycles. The summed E-state index contributed by atoms with van der Waals surface area (Å²) in [4.78, 5) is 6.34. The van der Waals surface area contributed by atoms with Crippen LogP contribution in [-0.4, -0.2) is 50.0 Å². The fraction of sp³-hybridized carbons (Fsp3) is 0.615. The monoisotopic (exact) mass is 284 g/mol. The van der Waals surface area contributed by atoms with E-state index in [0.717, 1.165) is 31.5 Å². The van der Waals surface area contributed by atoms with Crippen molar-refractivity contribution in [1.29, 1.82) is 0 Å². The number of nitrogens with zero attached hydrogens (tertiary/aromatic N) is 2. The minimum Gasteiger partial charge on any atom is -0.481 e. The lowest BCUT2D eigenvalue weighted by molar-refractivity contribution is 0.222. The summed E-state index contributed by atoms with van der Waals surface area (Å²) >= 11 is 0. The number of sulfone groups is 1. The van der Waals surface area contributed by atoms with Crippen molar-refractivity contribution in [1.82, 2.24) is 9.88 Å². The van der Waals surface area contributed by atoms with E-state index in [9.17, 15) is 8.42 Å². The van der Waals surface area contributed by atoms with Gasteiger partial charge < -0.3 is 4.74 Å². The highest BCUT2D eigenvalue weighted by Gasteiger charge is 2.27. The lowest BCUT2D eigenvalue weighted by Crippen LogP contribution is -2.41. The Morgan fingerprint density at radius 2 is 2.26 bits per heavy atom. The zero-order valence-corrected chi connectivity index (χ0v) is 12.2. The maximum absolute atomic E-state index is 11.6. The molecule has 0 radical (unpaired) electrons. The Labute approximate surface area is 114 Å². The predicted octanol–water partition coefficient (Wildman–Crippen LogP) is 1.10. The number of piperidine rings is 1. The second-order valence-electron chi connectivity index (χ2n) is 5.04. The summed E-state index contributed by atoms with van der Waals surface area (Å²) in [5, 5.41) is -0.229. The predicted molar refractivity (Wildman–Crippen MR) is 73.9 cm³/mol. The molecule has 1 aromatic rings. The standard InChI is InChI=1S/C13H20N2O3S/c1-18-13-6-5-11(8-14-13)9-15-7-3-4-12(10-15)19(2,16)17/h5-6,8,12H,3-4,7,9-10H2,1-2H3/t12-/m0/s1. The quantitative estimate of drug-likeness (QED) is 0.828. The first-order chi connectivity index (χ1) is 8.99. The summed E-state index contributed by atoms with van der Waals surface area (Å²) < 4.78 is 28.2. The Bertz CT molecular complexity index is 513. The van der Waals surface area contributed by atoms with E-state index < -0.39 is 9.84 Å². The normalized spacial score (nSPS) is 21.3. The van der Waals surface area contributed by atoms with Gasteiger partial charge in [-0.25, -0.2) is 13.4 Å². The van der Waals surface area contributed by atoms with E-state index in [0.29, 0.717) is 12.4 Å². The highest BCUT2D eigenvalue weighted by atomic mass is 32.2. The summed E-state index contributed by atoms with van der Waals surface area (Å²) in [5.41, 5.74) is 1.08. The van der Waals surface area contributed by atoms with Gasteiger partial charge in [0, 0.05) is 31.6 Å². The van der Waals surface area contributed by atoms with Crippen LogP contribution in [0.25, 0.3) is 0 Å². The molecule has 1 saturated heterocycles. The van der Waals surface area contributed by atoms with Gasteiger partial charge in [-0.3, -0.25) is 4.90 Å². The van der Waals surface area contributed by atoms with Crippen molar-refractivity contribution in [2.45, 2.75) is 24.6 Å². The van der Waals surface area contributed by atoms with Gasteiger partial charge in [-0.15, -0.1) is 0 Å². The summed E-state index contributed by atoms with van der Waals surface area (Å²) in [6, 6.07) is 3.79. The minimum atomic E-state index is -2.94. The molecule has 0 aliphatic carbocycles. The van der Waals surface area contributed by atoms with Crippen molar-refractivity contribution in [3.63, 3.8) is 0 Å². The second kappa shape index (κ2) is 5.88. The van der Waals surface area contributed by atoms with Gasteiger partial charge in [0.1, 0.15) is 0 Å². The van der Waals surface area contributed by atoms with E-state index in [1.54, 1.807) is 13.3 Å². The first-order valence-electron chi connectivity index (χ1n) is 6.39. The summed E-state index contributed by atoms with van der Waals surface area (Å²) in [5.74, 6) is 0.594. The van der Waals surface area contributed by atoms with Crippen LogP contribution >= 0.6 is 0 Å². The third-order valence-corrected chi connectivity index (χ3v) is 5.08. The molecule has 2 rings (SSSR count). The van der Waals surface area contributed by atoms with Gasteiger partial charge in [0.15, 0.2) is 9.84 Å². The molecule has 5 nitrogen and oxygen atoms in total. The SMILES string of the molecule is COc1ccc(CN2CCC[C@H](S(C)(=O)=O)C2)cn1. The largest absolute Gasteiger partial charge is 0.481 e. The van der Waals surface area contributed by atoms with Crippen LogP contribution in [0.5, 0.6) is 5.88 Å². The number of ether oxygens (including phenoxy) is 1. The minimum absolute atomic E-state index is 0.229. The second-order valence-corrected chi connectivity index (χ2v) is 7.36. The molecule has 106 valence electrons. The lowest BCUT2D eigenvalue weighted by Gasteiger charge is -2.31. The van der Waals surface area contributed by atoms with Crippen LogP contribution in [0, 0.1) is 0 Å². The van der Waals surface area contributed by atoms with Gasteiger partial charge in [0.2, 0.25) is 5.88 Å². The van der Waals surface area contributed by atoms with Gasteiger partial charge in [0.05, 0.1) is 12.4 Å². The zero-order valence-electron chi connectivity index (χ0n) is 11.4. The van der Waals surface area contributed by atoms with Gasteiger partial charge in [-0.1, -0.05) is 6.07 Å². The van der Waals surface area contributed by atoms with Crippen molar-refractivity contribution in [2.24, 2.45) is 0 Å². The summed E-state index contributed by atoms with van der Waals surface area (Å²) in [6.45, 7) is 2.30. The Morgan fingerprint density at radius 1 is 1.47 bits per heavy atom. The highest BCUT2D eigenvalue weighted by molar-refractivity contribution is 7.91. The first-order valence-corrected chi connectivity index (χ1v) is 8.34. The topological polar surface area (TPSA) is 59.5 Å². The Hall–Kier alpha value is -1.14. The van der Waals surface area contributed by atoms with E-state index in [-0.39, 0.29) is 5.25 Å². The third-order valence-electron chi connectivity index (χ3n) is 3.48. The lowest BCUT2D eigenvalue weighted by atomic mass is 10.1. The molecular weight excluding hydrogens is 264 g/mol. The van der Waals surface area contributed by atoms with Crippen LogP contribution in [0.3, 0.4) is 0 Å². The number of rotatable bonds is 4. The molecule has 0 unspecified atom stereocenters. The van der Waals surface area contributed by atoms with Crippen LogP contribution in [-0.2, 0) is 16.4 Å². The van der Waals surface area contributed by atoms with Crippen molar-refractivity contribution >= 4 is 9.84 Å². The Balaban J connectivity index is 1.98. The van der Waals surface area contributed by atoms with E-state index in [4.69, 9.17) is 4.74 Å². The number of pyridine rings is 1. The molecule has 1 fully saturated rings. The van der Waals surface area contributed by atoms with Gasteiger partial charge in [-0.2, -0.15) is 0 Å². The highest BCUT2D eigenvalue weighted by Crippen LogP contribution is 2.18. The van der Waals surface area contributed by atoms with Crippen LogP contribution in [0.15, 0.2) is 18.3 Å². The van der Waals surface area contributed by atoms with E-state index in [2.05, 4.69) is 9.88 Å². The van der Waals surface area contributed by atoms with E-state index in [1.807, 2.05) is 12.1 Å². The molecule has 0 N–H and O–H groups in total. The average molecular weight is 284 g/mol. The van der Waals surface area contributed by atoms with Gasteiger partial charge in [-0.05, 0) is 24.9 Å². The Morgan fingerprint density at radius 3 is 2.84 bits per heavy atom. The van der Waals surface area contributed by atoms with Crippen molar-refractivity contribution in [2.75, 3.05) is 26.5 Å². The first kappa shape index (κ1) is 14.3. The molecule has 0 spiro atoms. The van der Waals surface area contributed by atoms with Crippen LogP contribution in [0.2, 0.25) is 0 Å². The molecule has 1 aliphatic heterocycles. The number of methoxy groups -OCH3 is 1. The maximum atomic E-state index is 11.6. The molecule has 1 aromatic heterocycles. The summed E-state index contributed by atoms with van der Waals surface area (Å²) in [6.07, 6.45) is 4.82. The molecule has 19 heavy (non-hydrogen) atoms. The smallest absolute Gasteiger partial charge is 0.212 e. The van der Waals surface area contributed by atoms with E-state index >= 15 is 0 Å². The van der Waals surface area contributed by atoms with Crippen molar-refractivity contribution < 1.29 is 13.2 Å². The molecule has 0 amide bonds. The van der Waals surface area contributed by atoms with Crippen LogP contribution in [0.4, 0.5) is 0 Å². The fourth-order valence-corrected chi connectivity index (χ4v) is 3.47. The van der Waals surface area contributed by atoms with Gasteiger partial charge in [0.25, 0.3) is 0 Å². The number of likely N-dealkylation sites (tertiary alicyclic amines) is 1. The third kappa shape index (κ3) is 3.91. The van der Waals surface area contributed by atoms with Gasteiger partial charge >= 0.3 is 0 Å². The summed E-state index contributed by atoms with van der Waals surface area (Å²) in [7, 11) is -1.35. The van der Waals surface area contributed by atoms with E-state index in [1.165, 1.54) is 6.26 Å². The average Bonchev–Trinajstić information content (AvgIpc) is 2.39. The molecule has 0 bridgehead atoms. The van der Waals surface area contributed by atoms with Crippen molar-refractivity contribution in [3.8, 4) is 5.88 Å². The number of hydrogen-bond acceptors (Lipinski definition) is 5. The molecule has 1 atom stereocenters. The fourth-order valence-electron chi connectivity index (χ4n) is 2.39. The molecule has 0 saturated carbocycles.